The van der Waals surface area contributed by atoms with Gasteiger partial charge in [0.25, 0.3) is 0 Å². The first-order valence-corrected chi connectivity index (χ1v) is 15.5. The van der Waals surface area contributed by atoms with Crippen molar-refractivity contribution in [1.29, 1.82) is 0 Å². The van der Waals surface area contributed by atoms with E-state index in [9.17, 15) is 0 Å². The maximum Gasteiger partial charge on any atom is 0.160 e. The highest BCUT2D eigenvalue weighted by Gasteiger charge is 2.15. The summed E-state index contributed by atoms with van der Waals surface area (Å²) in [7, 11) is 0. The lowest BCUT2D eigenvalue weighted by atomic mass is 9.97. The van der Waals surface area contributed by atoms with Gasteiger partial charge in [-0.05, 0) is 40.8 Å². The second-order valence-electron chi connectivity index (χ2n) is 10.7. The van der Waals surface area contributed by atoms with Gasteiger partial charge in [0.05, 0.1) is 5.70 Å². The molecule has 0 amide bonds. The van der Waals surface area contributed by atoms with Gasteiger partial charge < -0.3 is 0 Å². The Labute approximate surface area is 262 Å². The van der Waals surface area contributed by atoms with Crippen LogP contribution in [-0.4, -0.2) is 11.5 Å². The van der Waals surface area contributed by atoms with E-state index in [2.05, 4.69) is 104 Å². The van der Waals surface area contributed by atoms with Crippen LogP contribution < -0.4 is 0 Å². The third-order valence-corrected chi connectivity index (χ3v) is 9.07. The maximum absolute atomic E-state index is 5.15. The van der Waals surface area contributed by atoms with Gasteiger partial charge in [-0.3, -0.25) is 0 Å². The molecule has 6 aromatic carbocycles. The normalized spacial score (nSPS) is 12.1. The zero-order valence-corrected chi connectivity index (χ0v) is 25.3. The third-order valence-electron chi connectivity index (χ3n) is 7.87. The zero-order chi connectivity index (χ0) is 29.9. The lowest BCUT2D eigenvalue weighted by Gasteiger charge is -2.09. The molecule has 0 aliphatic rings. The van der Waals surface area contributed by atoms with Gasteiger partial charge in [0, 0.05) is 37.0 Å². The molecular weight excluding hydrogens is 553 g/mol. The molecule has 7 rings (SSSR count). The average molecular weight is 583 g/mol. The Hall–Kier alpha value is -5.38. The minimum atomic E-state index is 0.646. The first-order valence-electron chi connectivity index (χ1n) is 14.7. The monoisotopic (exact) mass is 582 g/mol. The lowest BCUT2D eigenvalue weighted by Crippen LogP contribution is -2.04. The summed E-state index contributed by atoms with van der Waals surface area (Å²) in [6, 6.07) is 52.7. The number of hydrogen-bond donors (Lipinski definition) is 0. The van der Waals surface area contributed by atoms with E-state index in [0.29, 0.717) is 11.5 Å². The molecule has 210 valence electrons. The minimum absolute atomic E-state index is 0.646. The molecule has 0 aliphatic heterocycles. The highest BCUT2D eigenvalue weighted by Crippen LogP contribution is 2.41. The fraction of sp³-hybridized carbons (Fsp3) is 0.0244. The van der Waals surface area contributed by atoms with E-state index in [1.807, 2.05) is 72.0 Å². The average Bonchev–Trinajstić information content (AvgIpc) is 3.48. The Kier molecular flexibility index (Phi) is 7.54. The number of thiophene rings is 1. The van der Waals surface area contributed by atoms with Crippen molar-refractivity contribution in [2.45, 2.75) is 6.92 Å². The summed E-state index contributed by atoms with van der Waals surface area (Å²) in [5.74, 6) is 0.646. The van der Waals surface area contributed by atoms with Crippen LogP contribution in [0.2, 0.25) is 0 Å². The van der Waals surface area contributed by atoms with E-state index >= 15 is 0 Å². The minimum Gasteiger partial charge on any atom is -0.233 e. The molecule has 3 heteroatoms. The number of aliphatic imine (C=N–C) groups is 2. The second-order valence-corrected chi connectivity index (χ2v) is 11.8. The van der Waals surface area contributed by atoms with Crippen molar-refractivity contribution in [3.8, 4) is 22.3 Å². The molecule has 1 aromatic heterocycles. The molecule has 0 aliphatic carbocycles. The number of rotatable bonds is 6. The summed E-state index contributed by atoms with van der Waals surface area (Å²) < 4.78 is 2.52. The molecule has 44 heavy (non-hydrogen) atoms. The smallest absolute Gasteiger partial charge is 0.160 e. The molecule has 0 atom stereocenters. The van der Waals surface area contributed by atoms with Crippen molar-refractivity contribution in [3.63, 3.8) is 0 Å². The van der Waals surface area contributed by atoms with Crippen molar-refractivity contribution < 1.29 is 0 Å². The SMILES string of the molecule is C=C(N=C(N=C(C)c1cccc2sc3c(-c4ccc(-c5ccccc5)cc4)cccc3c12)c1ccccc1)c1ccccc1. The van der Waals surface area contributed by atoms with Crippen LogP contribution in [0.3, 0.4) is 0 Å². The summed E-state index contributed by atoms with van der Waals surface area (Å²) in [4.78, 5) is 10.1. The standard InChI is InChI=1S/C41H30N2S/c1-28(30-14-6-3-7-15-30)42-41(34-18-10-5-11-19-34)43-29(2)35-20-13-23-38-39(35)37-22-12-21-36(40(37)44-38)33-26-24-32(25-27-33)31-16-8-4-9-17-31/h3-27H,1H2,2H3. The highest BCUT2D eigenvalue weighted by atomic mass is 32.1. The molecule has 0 saturated heterocycles. The fourth-order valence-corrected chi connectivity index (χ4v) is 6.90. The molecule has 1 heterocycles. The van der Waals surface area contributed by atoms with Crippen LogP contribution in [0, 0.1) is 0 Å². The van der Waals surface area contributed by atoms with Crippen LogP contribution in [0.5, 0.6) is 0 Å². The quantitative estimate of drug-likeness (QED) is 0.138. The van der Waals surface area contributed by atoms with Crippen LogP contribution in [0.15, 0.2) is 168 Å². The van der Waals surface area contributed by atoms with Crippen molar-refractivity contribution >= 4 is 48.8 Å². The molecule has 0 radical (unpaired) electrons. The van der Waals surface area contributed by atoms with Crippen molar-refractivity contribution in [3.05, 3.63) is 175 Å². The Morgan fingerprint density at radius 2 is 1.14 bits per heavy atom. The van der Waals surface area contributed by atoms with Crippen LogP contribution in [0.4, 0.5) is 0 Å². The molecule has 0 unspecified atom stereocenters. The number of fused-ring (bicyclic) bond motifs is 3. The van der Waals surface area contributed by atoms with E-state index in [1.54, 1.807) is 0 Å². The fourth-order valence-electron chi connectivity index (χ4n) is 5.63. The largest absolute Gasteiger partial charge is 0.233 e. The van der Waals surface area contributed by atoms with Gasteiger partial charge in [-0.25, -0.2) is 9.98 Å². The van der Waals surface area contributed by atoms with Crippen molar-refractivity contribution in [2.75, 3.05) is 0 Å². The molecule has 0 saturated carbocycles. The van der Waals surface area contributed by atoms with E-state index in [-0.39, 0.29) is 0 Å². The van der Waals surface area contributed by atoms with Gasteiger partial charge in [-0.1, -0.05) is 152 Å². The summed E-state index contributed by atoms with van der Waals surface area (Å²) in [5, 5.41) is 2.47. The van der Waals surface area contributed by atoms with E-state index in [0.717, 1.165) is 22.4 Å². The van der Waals surface area contributed by atoms with Crippen LogP contribution in [0.25, 0.3) is 48.1 Å². The Balaban J connectivity index is 1.32. The molecule has 0 spiro atoms. The Morgan fingerprint density at radius 3 is 1.84 bits per heavy atom. The first kappa shape index (κ1) is 27.5. The van der Waals surface area contributed by atoms with Gasteiger partial charge in [0.15, 0.2) is 5.84 Å². The zero-order valence-electron chi connectivity index (χ0n) is 24.4. The summed E-state index contributed by atoms with van der Waals surface area (Å²) in [6.07, 6.45) is 0. The maximum atomic E-state index is 5.15. The molecular formula is C41H30N2S. The van der Waals surface area contributed by atoms with Crippen LogP contribution >= 0.6 is 11.3 Å². The van der Waals surface area contributed by atoms with E-state index in [1.165, 1.54) is 42.4 Å². The highest BCUT2D eigenvalue weighted by molar-refractivity contribution is 7.26. The Morgan fingerprint density at radius 1 is 0.545 bits per heavy atom. The third kappa shape index (κ3) is 5.42. The van der Waals surface area contributed by atoms with E-state index in [4.69, 9.17) is 9.98 Å². The second kappa shape index (κ2) is 12.1. The summed E-state index contributed by atoms with van der Waals surface area (Å²) >= 11 is 1.84. The van der Waals surface area contributed by atoms with Gasteiger partial charge in [-0.2, -0.15) is 0 Å². The van der Waals surface area contributed by atoms with Gasteiger partial charge in [-0.15, -0.1) is 11.3 Å². The predicted molar refractivity (Wildman–Crippen MR) is 191 cm³/mol. The molecule has 2 nitrogen and oxygen atoms in total. The first-order chi connectivity index (χ1) is 21.7. The topological polar surface area (TPSA) is 24.7 Å². The summed E-state index contributed by atoms with van der Waals surface area (Å²) in [5.41, 5.74) is 9.54. The number of amidine groups is 1. The summed E-state index contributed by atoms with van der Waals surface area (Å²) in [6.45, 7) is 6.34. The Bertz CT molecular complexity index is 2160. The number of hydrogen-bond acceptors (Lipinski definition) is 2. The molecule has 0 fully saturated rings. The number of nitrogens with zero attached hydrogens (tertiary/aromatic N) is 2. The van der Waals surface area contributed by atoms with Gasteiger partial charge >= 0.3 is 0 Å². The van der Waals surface area contributed by atoms with Crippen molar-refractivity contribution in [2.24, 2.45) is 9.98 Å². The lowest BCUT2D eigenvalue weighted by molar-refractivity contribution is 1.44. The number of benzene rings is 6. The molecule has 0 bridgehead atoms. The molecule has 0 N–H and O–H groups in total. The molecule has 7 aromatic rings. The predicted octanol–water partition coefficient (Wildman–Crippen LogP) is 11.3. The van der Waals surface area contributed by atoms with E-state index < -0.39 is 0 Å². The van der Waals surface area contributed by atoms with Crippen LogP contribution in [-0.2, 0) is 0 Å². The van der Waals surface area contributed by atoms with Gasteiger partial charge in [0.1, 0.15) is 0 Å². The van der Waals surface area contributed by atoms with Crippen molar-refractivity contribution in [1.82, 2.24) is 0 Å². The van der Waals surface area contributed by atoms with Crippen LogP contribution in [0.1, 0.15) is 23.6 Å². The van der Waals surface area contributed by atoms with Gasteiger partial charge in [0.2, 0.25) is 0 Å².